The third-order valence-corrected chi connectivity index (χ3v) is 4.53. The van der Waals surface area contributed by atoms with E-state index < -0.39 is 0 Å². The summed E-state index contributed by atoms with van der Waals surface area (Å²) in [4.78, 5) is 0. The molecule has 0 heterocycles. The summed E-state index contributed by atoms with van der Waals surface area (Å²) < 4.78 is 10.7. The SMILES string of the molecule is COc1ccc(C(C)NC(C)C2CCCC2)cc1OC. The highest BCUT2D eigenvalue weighted by Gasteiger charge is 2.23. The van der Waals surface area contributed by atoms with Crippen molar-refractivity contribution in [1.29, 1.82) is 0 Å². The lowest BCUT2D eigenvalue weighted by Gasteiger charge is -2.25. The Kier molecular flexibility index (Phi) is 5.30. The maximum absolute atomic E-state index is 5.38. The van der Waals surface area contributed by atoms with Gasteiger partial charge in [0.25, 0.3) is 0 Å². The van der Waals surface area contributed by atoms with E-state index in [2.05, 4.69) is 31.3 Å². The van der Waals surface area contributed by atoms with Crippen molar-refractivity contribution in [2.75, 3.05) is 14.2 Å². The summed E-state index contributed by atoms with van der Waals surface area (Å²) in [7, 11) is 3.35. The van der Waals surface area contributed by atoms with Gasteiger partial charge in [-0.05, 0) is 50.3 Å². The van der Waals surface area contributed by atoms with Crippen LogP contribution in [0.4, 0.5) is 0 Å². The van der Waals surface area contributed by atoms with Gasteiger partial charge in [-0.15, -0.1) is 0 Å². The molecule has 3 nitrogen and oxygen atoms in total. The molecule has 0 radical (unpaired) electrons. The predicted molar refractivity (Wildman–Crippen MR) is 82.5 cm³/mol. The fourth-order valence-electron chi connectivity index (χ4n) is 3.21. The molecule has 112 valence electrons. The third-order valence-electron chi connectivity index (χ3n) is 4.53. The molecule has 0 spiro atoms. The molecule has 1 aromatic carbocycles. The molecule has 1 N–H and O–H groups in total. The molecule has 1 saturated carbocycles. The lowest BCUT2D eigenvalue weighted by atomic mass is 9.97. The van der Waals surface area contributed by atoms with Crippen LogP contribution in [0.25, 0.3) is 0 Å². The Bertz CT molecular complexity index is 427. The molecule has 0 saturated heterocycles. The average Bonchev–Trinajstić information content (AvgIpc) is 3.00. The van der Waals surface area contributed by atoms with E-state index in [1.165, 1.54) is 31.2 Å². The van der Waals surface area contributed by atoms with Crippen molar-refractivity contribution in [3.05, 3.63) is 23.8 Å². The van der Waals surface area contributed by atoms with E-state index >= 15 is 0 Å². The van der Waals surface area contributed by atoms with Crippen molar-refractivity contribution >= 4 is 0 Å². The quantitative estimate of drug-likeness (QED) is 0.854. The summed E-state index contributed by atoms with van der Waals surface area (Å²) in [6.07, 6.45) is 5.52. The molecule has 20 heavy (non-hydrogen) atoms. The molecule has 2 atom stereocenters. The second-order valence-electron chi connectivity index (χ2n) is 5.84. The van der Waals surface area contributed by atoms with Gasteiger partial charge in [-0.3, -0.25) is 0 Å². The minimum absolute atomic E-state index is 0.324. The molecule has 3 heteroatoms. The molecule has 0 aromatic heterocycles. The first-order valence-corrected chi connectivity index (χ1v) is 7.63. The topological polar surface area (TPSA) is 30.5 Å². The van der Waals surface area contributed by atoms with Gasteiger partial charge in [0.1, 0.15) is 0 Å². The van der Waals surface area contributed by atoms with Gasteiger partial charge in [-0.1, -0.05) is 18.9 Å². The summed E-state index contributed by atoms with van der Waals surface area (Å²) in [6, 6.07) is 7.05. The van der Waals surface area contributed by atoms with Crippen LogP contribution in [0, 0.1) is 5.92 Å². The van der Waals surface area contributed by atoms with Crippen molar-refractivity contribution in [3.63, 3.8) is 0 Å². The standard InChI is InChI=1S/C17H27NO2/c1-12(14-7-5-6-8-14)18-13(2)15-9-10-16(19-3)17(11-15)20-4/h9-14,18H,5-8H2,1-4H3. The minimum Gasteiger partial charge on any atom is -0.493 e. The van der Waals surface area contributed by atoms with E-state index in [4.69, 9.17) is 9.47 Å². The predicted octanol–water partition coefficient (Wildman–Crippen LogP) is 3.93. The van der Waals surface area contributed by atoms with Crippen molar-refractivity contribution in [3.8, 4) is 11.5 Å². The lowest BCUT2D eigenvalue weighted by Crippen LogP contribution is -2.34. The molecule has 2 unspecified atom stereocenters. The second kappa shape index (κ2) is 6.98. The van der Waals surface area contributed by atoms with Crippen LogP contribution >= 0.6 is 0 Å². The molecule has 0 amide bonds. The lowest BCUT2D eigenvalue weighted by molar-refractivity contribution is 0.345. The van der Waals surface area contributed by atoms with E-state index in [9.17, 15) is 0 Å². The fraction of sp³-hybridized carbons (Fsp3) is 0.647. The summed E-state index contributed by atoms with van der Waals surface area (Å²) >= 11 is 0. The Balaban J connectivity index is 2.02. The average molecular weight is 277 g/mol. The van der Waals surface area contributed by atoms with Crippen LogP contribution in [0.15, 0.2) is 18.2 Å². The Morgan fingerprint density at radius 2 is 1.70 bits per heavy atom. The minimum atomic E-state index is 0.324. The van der Waals surface area contributed by atoms with Gasteiger partial charge in [-0.25, -0.2) is 0 Å². The zero-order chi connectivity index (χ0) is 14.5. The van der Waals surface area contributed by atoms with E-state index in [0.717, 1.165) is 17.4 Å². The van der Waals surface area contributed by atoms with Gasteiger partial charge in [0.15, 0.2) is 11.5 Å². The first kappa shape index (κ1) is 15.2. The van der Waals surface area contributed by atoms with Crippen LogP contribution in [-0.2, 0) is 0 Å². The first-order valence-electron chi connectivity index (χ1n) is 7.63. The van der Waals surface area contributed by atoms with Crippen molar-refractivity contribution in [2.24, 2.45) is 5.92 Å². The monoisotopic (exact) mass is 277 g/mol. The van der Waals surface area contributed by atoms with Gasteiger partial charge >= 0.3 is 0 Å². The largest absolute Gasteiger partial charge is 0.493 e. The van der Waals surface area contributed by atoms with Gasteiger partial charge < -0.3 is 14.8 Å². The molecule has 0 aliphatic heterocycles. The molecule has 2 rings (SSSR count). The molecule has 1 aromatic rings. The van der Waals surface area contributed by atoms with Gasteiger partial charge in [-0.2, -0.15) is 0 Å². The van der Waals surface area contributed by atoms with Crippen LogP contribution in [0.1, 0.15) is 51.1 Å². The van der Waals surface area contributed by atoms with Crippen molar-refractivity contribution < 1.29 is 9.47 Å². The molecule has 1 aliphatic carbocycles. The van der Waals surface area contributed by atoms with Gasteiger partial charge in [0.2, 0.25) is 0 Å². The second-order valence-corrected chi connectivity index (χ2v) is 5.84. The van der Waals surface area contributed by atoms with Crippen molar-refractivity contribution in [1.82, 2.24) is 5.32 Å². The number of rotatable bonds is 6. The van der Waals surface area contributed by atoms with Crippen LogP contribution in [0.5, 0.6) is 11.5 Å². The van der Waals surface area contributed by atoms with Crippen molar-refractivity contribution in [2.45, 2.75) is 51.6 Å². The molecule has 1 fully saturated rings. The highest BCUT2D eigenvalue weighted by atomic mass is 16.5. The molecular formula is C17H27NO2. The first-order chi connectivity index (χ1) is 9.65. The summed E-state index contributed by atoms with van der Waals surface area (Å²) in [5.41, 5.74) is 1.24. The normalized spacial score (nSPS) is 18.8. The molecule has 1 aliphatic rings. The van der Waals surface area contributed by atoms with Gasteiger partial charge in [0.05, 0.1) is 14.2 Å². The van der Waals surface area contributed by atoms with Gasteiger partial charge in [0, 0.05) is 12.1 Å². The highest BCUT2D eigenvalue weighted by Crippen LogP contribution is 2.32. The summed E-state index contributed by atoms with van der Waals surface area (Å²) in [5, 5.41) is 3.73. The van der Waals surface area contributed by atoms with E-state index in [-0.39, 0.29) is 0 Å². The Labute approximate surface area is 122 Å². The number of nitrogens with one attached hydrogen (secondary N) is 1. The number of benzene rings is 1. The Hall–Kier alpha value is -1.22. The third kappa shape index (κ3) is 3.45. The maximum Gasteiger partial charge on any atom is 0.161 e. The Morgan fingerprint density at radius 1 is 1.05 bits per heavy atom. The zero-order valence-corrected chi connectivity index (χ0v) is 13.1. The van der Waals surface area contributed by atoms with Crippen LogP contribution in [0.3, 0.4) is 0 Å². The van der Waals surface area contributed by atoms with Crippen LogP contribution in [-0.4, -0.2) is 20.3 Å². The Morgan fingerprint density at radius 3 is 2.30 bits per heavy atom. The van der Waals surface area contributed by atoms with Crippen LogP contribution in [0.2, 0.25) is 0 Å². The van der Waals surface area contributed by atoms with E-state index in [1.807, 2.05) is 6.07 Å². The number of hydrogen-bond acceptors (Lipinski definition) is 3. The molecule has 0 bridgehead atoms. The fourth-order valence-corrected chi connectivity index (χ4v) is 3.21. The molecular weight excluding hydrogens is 250 g/mol. The smallest absolute Gasteiger partial charge is 0.161 e. The zero-order valence-electron chi connectivity index (χ0n) is 13.1. The summed E-state index contributed by atoms with van der Waals surface area (Å²) in [5.74, 6) is 2.41. The maximum atomic E-state index is 5.38. The summed E-state index contributed by atoms with van der Waals surface area (Å²) in [6.45, 7) is 4.53. The number of hydrogen-bond donors (Lipinski definition) is 1. The number of methoxy groups -OCH3 is 2. The number of ether oxygens (including phenoxy) is 2. The van der Waals surface area contributed by atoms with Crippen LogP contribution < -0.4 is 14.8 Å². The van der Waals surface area contributed by atoms with E-state index in [0.29, 0.717) is 12.1 Å². The highest BCUT2D eigenvalue weighted by molar-refractivity contribution is 5.43. The van der Waals surface area contributed by atoms with E-state index in [1.54, 1.807) is 14.2 Å².